The number of nitrogen functional groups attached to an aromatic ring is 1. The molecule has 0 spiro atoms. The molecule has 1 heterocycles. The number of carboxylic acid groups (broad SMARTS) is 1. The van der Waals surface area contributed by atoms with Gasteiger partial charge in [-0.05, 0) is 37.5 Å². The Labute approximate surface area is 139 Å². The number of carboxylic acids is 1. The second-order valence-electron chi connectivity index (χ2n) is 6.53. The Bertz CT molecular complexity index is 797. The van der Waals surface area contributed by atoms with E-state index in [9.17, 15) is 14.7 Å². The van der Waals surface area contributed by atoms with Gasteiger partial charge in [0, 0.05) is 6.20 Å². The Balaban J connectivity index is 1.84. The van der Waals surface area contributed by atoms with E-state index in [1.54, 1.807) is 32.2 Å². The molecule has 0 radical (unpaired) electrons. The minimum atomic E-state index is -0.937. The van der Waals surface area contributed by atoms with Crippen LogP contribution in [0.3, 0.4) is 0 Å². The number of aliphatic carboxylic acids is 1. The van der Waals surface area contributed by atoms with Gasteiger partial charge in [-0.15, -0.1) is 0 Å². The number of fused-ring (bicyclic) bond motifs is 1. The molecule has 7 nitrogen and oxygen atoms in total. The second kappa shape index (κ2) is 5.67. The number of hydrogen-bond acceptors (Lipinski definition) is 4. The first kappa shape index (κ1) is 16.0. The summed E-state index contributed by atoms with van der Waals surface area (Å²) in [5.41, 5.74) is 6.30. The van der Waals surface area contributed by atoms with Crippen molar-refractivity contribution < 1.29 is 14.7 Å². The molecule has 2 aromatic rings. The fraction of sp³-hybridized carbons (Fsp3) is 0.353. The van der Waals surface area contributed by atoms with Crippen molar-refractivity contribution in [2.24, 2.45) is 0 Å². The minimum absolute atomic E-state index is 0.239. The van der Waals surface area contributed by atoms with Gasteiger partial charge in [0.1, 0.15) is 11.4 Å². The maximum Gasteiger partial charge on any atom is 0.311 e. The summed E-state index contributed by atoms with van der Waals surface area (Å²) >= 11 is 0. The van der Waals surface area contributed by atoms with Crippen LogP contribution in [0, 0.1) is 0 Å². The maximum absolute atomic E-state index is 12.8. The molecule has 0 saturated heterocycles. The lowest BCUT2D eigenvalue weighted by molar-refractivity contribution is -0.139. The van der Waals surface area contributed by atoms with Gasteiger partial charge in [-0.3, -0.25) is 14.3 Å². The van der Waals surface area contributed by atoms with Crippen LogP contribution in [0.4, 0.5) is 5.82 Å². The normalized spacial score (nSPS) is 19.8. The van der Waals surface area contributed by atoms with E-state index in [2.05, 4.69) is 10.4 Å². The van der Waals surface area contributed by atoms with Gasteiger partial charge in [0.05, 0.1) is 12.0 Å². The molecule has 3 rings (SSSR count). The molecule has 1 amide bonds. The lowest BCUT2D eigenvalue weighted by atomic mass is 10.0. The number of nitrogens with one attached hydrogen (secondary N) is 1. The molecule has 4 N–H and O–H groups in total. The maximum atomic E-state index is 12.8. The van der Waals surface area contributed by atoms with Crippen LogP contribution in [0.15, 0.2) is 36.5 Å². The minimum Gasteiger partial charge on any atom is -0.481 e. The van der Waals surface area contributed by atoms with Crippen molar-refractivity contribution in [1.82, 2.24) is 15.1 Å². The molecule has 1 aliphatic rings. The highest BCUT2D eigenvalue weighted by Crippen LogP contribution is 2.40. The van der Waals surface area contributed by atoms with Crippen molar-refractivity contribution >= 4 is 17.7 Å². The van der Waals surface area contributed by atoms with Crippen LogP contribution in [0.1, 0.15) is 43.4 Å². The quantitative estimate of drug-likeness (QED) is 0.790. The Morgan fingerprint density at radius 2 is 1.96 bits per heavy atom. The van der Waals surface area contributed by atoms with Crippen LogP contribution in [-0.2, 0) is 15.1 Å². The van der Waals surface area contributed by atoms with Gasteiger partial charge in [-0.1, -0.05) is 24.3 Å². The molecule has 7 heteroatoms. The predicted octanol–water partition coefficient (Wildman–Crippen LogP) is 1.63. The van der Waals surface area contributed by atoms with Crippen molar-refractivity contribution in [3.8, 4) is 0 Å². The Hall–Kier alpha value is -2.83. The third kappa shape index (κ3) is 2.62. The summed E-state index contributed by atoms with van der Waals surface area (Å²) in [4.78, 5) is 24.2. The van der Waals surface area contributed by atoms with Crippen LogP contribution in [0.25, 0.3) is 0 Å². The SMILES string of the molecule is CC(C)(C(=O)NC1CC(C(=O)O)c2ccccc21)n1ccc(N)n1. The van der Waals surface area contributed by atoms with Crippen molar-refractivity contribution in [3.63, 3.8) is 0 Å². The molecular formula is C17H20N4O3. The number of amides is 1. The largest absolute Gasteiger partial charge is 0.481 e. The molecule has 2 atom stereocenters. The average Bonchev–Trinajstić information content (AvgIpc) is 3.12. The monoisotopic (exact) mass is 328 g/mol. The first-order valence-corrected chi connectivity index (χ1v) is 7.75. The fourth-order valence-electron chi connectivity index (χ4n) is 3.09. The standard InChI is InChI=1S/C17H20N4O3/c1-17(2,21-8-7-14(18)20-21)16(24)19-13-9-12(15(22)23)10-5-3-4-6-11(10)13/h3-8,12-13H,9H2,1-2H3,(H2,18,20)(H,19,24)(H,22,23). The number of carbonyl (C=O) groups excluding carboxylic acids is 1. The van der Waals surface area contributed by atoms with Gasteiger partial charge in [0.2, 0.25) is 5.91 Å². The van der Waals surface area contributed by atoms with Crippen molar-refractivity contribution in [1.29, 1.82) is 0 Å². The van der Waals surface area contributed by atoms with Gasteiger partial charge in [0.15, 0.2) is 0 Å². The molecule has 1 aliphatic carbocycles. The van der Waals surface area contributed by atoms with Crippen LogP contribution < -0.4 is 11.1 Å². The van der Waals surface area contributed by atoms with Gasteiger partial charge < -0.3 is 16.2 Å². The smallest absolute Gasteiger partial charge is 0.311 e. The van der Waals surface area contributed by atoms with Gasteiger partial charge in [-0.2, -0.15) is 5.10 Å². The second-order valence-corrected chi connectivity index (χ2v) is 6.53. The van der Waals surface area contributed by atoms with E-state index in [0.717, 1.165) is 11.1 Å². The number of nitrogens with zero attached hydrogens (tertiary/aromatic N) is 2. The third-order valence-corrected chi connectivity index (χ3v) is 4.56. The molecule has 0 aliphatic heterocycles. The average molecular weight is 328 g/mol. The first-order chi connectivity index (χ1) is 11.3. The molecule has 24 heavy (non-hydrogen) atoms. The summed E-state index contributed by atoms with van der Waals surface area (Å²) in [5, 5.41) is 16.5. The topological polar surface area (TPSA) is 110 Å². The lowest BCUT2D eigenvalue weighted by Crippen LogP contribution is -2.45. The zero-order chi connectivity index (χ0) is 17.5. The number of benzene rings is 1. The van der Waals surface area contributed by atoms with E-state index in [1.807, 2.05) is 18.2 Å². The highest BCUT2D eigenvalue weighted by atomic mass is 16.4. The summed E-state index contributed by atoms with van der Waals surface area (Å²) < 4.78 is 1.51. The van der Waals surface area contributed by atoms with Crippen molar-refractivity contribution in [2.75, 3.05) is 5.73 Å². The number of aromatic nitrogens is 2. The molecule has 2 unspecified atom stereocenters. The van der Waals surface area contributed by atoms with E-state index >= 15 is 0 Å². The lowest BCUT2D eigenvalue weighted by Gasteiger charge is -2.26. The van der Waals surface area contributed by atoms with Gasteiger partial charge >= 0.3 is 5.97 Å². The number of carbonyl (C=O) groups is 2. The number of rotatable bonds is 4. The molecular weight excluding hydrogens is 308 g/mol. The third-order valence-electron chi connectivity index (χ3n) is 4.56. The number of hydrogen-bond donors (Lipinski definition) is 3. The fourth-order valence-corrected chi connectivity index (χ4v) is 3.09. The van der Waals surface area contributed by atoms with E-state index in [4.69, 9.17) is 5.73 Å². The molecule has 0 saturated carbocycles. The Morgan fingerprint density at radius 3 is 2.54 bits per heavy atom. The zero-order valence-electron chi connectivity index (χ0n) is 13.6. The van der Waals surface area contributed by atoms with Gasteiger partial charge in [-0.25, -0.2) is 0 Å². The van der Waals surface area contributed by atoms with Crippen molar-refractivity contribution in [3.05, 3.63) is 47.7 Å². The summed E-state index contributed by atoms with van der Waals surface area (Å²) in [7, 11) is 0. The number of nitrogens with two attached hydrogens (primary N) is 1. The molecule has 0 bridgehead atoms. The summed E-state index contributed by atoms with van der Waals surface area (Å²) in [6.07, 6.45) is 2.00. The van der Waals surface area contributed by atoms with E-state index in [-0.39, 0.29) is 11.9 Å². The predicted molar refractivity (Wildman–Crippen MR) is 88.3 cm³/mol. The van der Waals surface area contributed by atoms with Gasteiger partial charge in [0.25, 0.3) is 0 Å². The van der Waals surface area contributed by atoms with Crippen molar-refractivity contribution in [2.45, 2.75) is 37.8 Å². The molecule has 1 aromatic heterocycles. The molecule has 1 aromatic carbocycles. The van der Waals surface area contributed by atoms with Crippen LogP contribution >= 0.6 is 0 Å². The van der Waals surface area contributed by atoms with E-state index in [0.29, 0.717) is 12.2 Å². The highest BCUT2D eigenvalue weighted by molar-refractivity contribution is 5.85. The van der Waals surface area contributed by atoms with Crippen LogP contribution in [0.5, 0.6) is 0 Å². The van der Waals surface area contributed by atoms with Crippen LogP contribution in [0.2, 0.25) is 0 Å². The Kier molecular flexibility index (Phi) is 3.79. The summed E-state index contributed by atoms with van der Waals surface area (Å²) in [6, 6.07) is 8.63. The summed E-state index contributed by atoms with van der Waals surface area (Å²) in [5.74, 6) is -1.38. The van der Waals surface area contributed by atoms with E-state index < -0.39 is 17.4 Å². The Morgan fingerprint density at radius 1 is 1.29 bits per heavy atom. The zero-order valence-corrected chi connectivity index (χ0v) is 13.6. The summed E-state index contributed by atoms with van der Waals surface area (Å²) in [6.45, 7) is 3.48. The first-order valence-electron chi connectivity index (χ1n) is 7.75. The number of anilines is 1. The molecule has 126 valence electrons. The van der Waals surface area contributed by atoms with E-state index in [1.165, 1.54) is 4.68 Å². The highest BCUT2D eigenvalue weighted by Gasteiger charge is 2.39. The van der Waals surface area contributed by atoms with Crippen LogP contribution in [-0.4, -0.2) is 26.8 Å². The molecule has 0 fully saturated rings.